The summed E-state index contributed by atoms with van der Waals surface area (Å²) in [5, 5.41) is 11.3. The number of nitrogens with one attached hydrogen (secondary N) is 4. The molecular formula is C54H55F2N9O8. The van der Waals surface area contributed by atoms with Crippen molar-refractivity contribution in [2.75, 3.05) is 67.2 Å². The number of carbonyl (C=O) groups is 6. The molecule has 7 aliphatic rings. The second-order valence-corrected chi connectivity index (χ2v) is 20.0. The number of anilines is 4. The Morgan fingerprint density at radius 3 is 2.22 bits per heavy atom. The van der Waals surface area contributed by atoms with Crippen LogP contribution in [0.15, 0.2) is 85.1 Å². The van der Waals surface area contributed by atoms with Gasteiger partial charge in [-0.15, -0.1) is 0 Å². The van der Waals surface area contributed by atoms with Crippen molar-refractivity contribution >= 4 is 69.1 Å². The van der Waals surface area contributed by atoms with E-state index in [4.69, 9.17) is 9.47 Å². The number of piperidine rings is 3. The van der Waals surface area contributed by atoms with E-state index in [1.807, 2.05) is 4.90 Å². The Kier molecular flexibility index (Phi) is 12.8. The van der Waals surface area contributed by atoms with E-state index in [-0.39, 0.29) is 42.6 Å². The third-order valence-corrected chi connectivity index (χ3v) is 15.5. The molecule has 5 saturated heterocycles. The number of pyridine rings is 1. The number of imide groups is 1. The minimum atomic E-state index is -1.21. The maximum Gasteiger partial charge on any atom is 0.255 e. The summed E-state index contributed by atoms with van der Waals surface area (Å²) in [7, 11) is 1.52. The molecule has 0 spiro atoms. The standard InChI is InChI=1S/C54H55F2N9O8/c1-72-44-26-39-43(73-37-11-9-34(10-12-37)59-53(71)54(19-20-54)52(70)58-33-7-5-32(55)6-8-33)15-21-57-48(39)47(56)49(44)63-23-16-31(17-24-63)27-64-35-25-36(64)29-62(28-35)22-18-46(67)60-41-4-2-3-38-40(41)30-65(51(38)69)42-13-14-45(66)61-50(42)68/h2-12,15,21,26,31,35-36,42H,13-14,16-20,22-25,27-30H2,1H3,(H,58,70)(H,59,71)(H,60,67)(H,61,66,68). The van der Waals surface area contributed by atoms with Crippen LogP contribution in [0.3, 0.4) is 0 Å². The Hall–Kier alpha value is -7.51. The Bertz CT molecular complexity index is 3020. The number of hydrogen-bond donors (Lipinski definition) is 4. The molecule has 2 bridgehead atoms. The predicted octanol–water partition coefficient (Wildman–Crippen LogP) is 6.44. The van der Waals surface area contributed by atoms with Crippen molar-refractivity contribution in [2.45, 2.75) is 76.0 Å². The van der Waals surface area contributed by atoms with Crippen LogP contribution < -0.4 is 35.6 Å². The van der Waals surface area contributed by atoms with E-state index in [0.717, 1.165) is 38.9 Å². The van der Waals surface area contributed by atoms with Crippen LogP contribution in [0.2, 0.25) is 0 Å². The number of piperazine rings is 1. The van der Waals surface area contributed by atoms with Gasteiger partial charge in [0.05, 0.1) is 7.11 Å². The summed E-state index contributed by atoms with van der Waals surface area (Å²) in [5.41, 5.74) is 1.88. The fourth-order valence-corrected chi connectivity index (χ4v) is 11.2. The van der Waals surface area contributed by atoms with Crippen molar-refractivity contribution in [3.05, 3.63) is 108 Å². The summed E-state index contributed by atoms with van der Waals surface area (Å²) in [5.74, 6) is -1.42. The summed E-state index contributed by atoms with van der Waals surface area (Å²) < 4.78 is 42.0. The molecule has 19 heteroatoms. The maximum absolute atomic E-state index is 16.6. The minimum Gasteiger partial charge on any atom is -0.494 e. The molecule has 5 aromatic rings. The number of ether oxygens (including phenoxy) is 2. The number of benzene rings is 4. The summed E-state index contributed by atoms with van der Waals surface area (Å²) in [6.07, 6.45) is 5.92. The highest BCUT2D eigenvalue weighted by atomic mass is 19.1. The van der Waals surface area contributed by atoms with Gasteiger partial charge >= 0.3 is 0 Å². The van der Waals surface area contributed by atoms with Crippen LogP contribution in [0.25, 0.3) is 10.9 Å². The first-order valence-electron chi connectivity index (χ1n) is 24.9. The highest BCUT2D eigenvalue weighted by Gasteiger charge is 2.56. The van der Waals surface area contributed by atoms with Gasteiger partial charge in [0.1, 0.15) is 45.7 Å². The lowest BCUT2D eigenvalue weighted by molar-refractivity contribution is -0.137. The van der Waals surface area contributed by atoms with Crippen LogP contribution in [0.4, 0.5) is 31.5 Å². The first-order chi connectivity index (χ1) is 35.3. The first kappa shape index (κ1) is 47.8. The molecule has 1 aliphatic carbocycles. The van der Waals surface area contributed by atoms with E-state index in [1.165, 1.54) is 42.5 Å². The smallest absolute Gasteiger partial charge is 0.255 e. The zero-order valence-corrected chi connectivity index (χ0v) is 40.3. The van der Waals surface area contributed by atoms with E-state index in [1.54, 1.807) is 54.6 Å². The van der Waals surface area contributed by atoms with Crippen molar-refractivity contribution in [1.29, 1.82) is 0 Å². The number of carbonyl (C=O) groups excluding carboxylic acids is 6. The molecule has 4 aromatic carbocycles. The molecule has 378 valence electrons. The third kappa shape index (κ3) is 9.42. The third-order valence-electron chi connectivity index (χ3n) is 15.5. The lowest BCUT2D eigenvalue weighted by atomic mass is 9.84. The van der Waals surface area contributed by atoms with Crippen molar-refractivity contribution in [2.24, 2.45) is 11.3 Å². The number of hydrogen-bond acceptors (Lipinski definition) is 12. The average Bonchev–Trinajstić information content (AvgIpc) is 4.15. The van der Waals surface area contributed by atoms with Crippen molar-refractivity contribution in [1.82, 2.24) is 25.0 Å². The van der Waals surface area contributed by atoms with E-state index in [2.05, 4.69) is 36.1 Å². The fourth-order valence-electron chi connectivity index (χ4n) is 11.2. The normalized spacial score (nSPS) is 21.5. The molecule has 3 unspecified atom stereocenters. The molecule has 4 N–H and O–H groups in total. The number of halogens is 2. The molecule has 6 aliphatic heterocycles. The minimum absolute atomic E-state index is 0.141. The topological polar surface area (TPSA) is 195 Å². The molecule has 7 heterocycles. The van der Waals surface area contributed by atoms with E-state index >= 15 is 4.39 Å². The lowest BCUT2D eigenvalue weighted by Crippen LogP contribution is -2.69. The quantitative estimate of drug-likeness (QED) is 0.0664. The Balaban J connectivity index is 0.652. The Labute approximate surface area is 419 Å². The second-order valence-electron chi connectivity index (χ2n) is 20.0. The van der Waals surface area contributed by atoms with E-state index < -0.39 is 40.8 Å². The van der Waals surface area contributed by atoms with Crippen LogP contribution in [0.5, 0.6) is 17.2 Å². The molecular weight excluding hydrogens is 941 g/mol. The van der Waals surface area contributed by atoms with Gasteiger partial charge in [0, 0.05) is 111 Å². The zero-order chi connectivity index (χ0) is 50.5. The van der Waals surface area contributed by atoms with Gasteiger partial charge in [0.15, 0.2) is 5.82 Å². The van der Waals surface area contributed by atoms with Gasteiger partial charge in [-0.1, -0.05) is 6.07 Å². The van der Waals surface area contributed by atoms with Crippen molar-refractivity contribution < 1.29 is 47.0 Å². The van der Waals surface area contributed by atoms with Gasteiger partial charge in [-0.3, -0.25) is 48.9 Å². The number of amides is 6. The zero-order valence-electron chi connectivity index (χ0n) is 40.3. The first-order valence-corrected chi connectivity index (χ1v) is 24.9. The Morgan fingerprint density at radius 1 is 0.849 bits per heavy atom. The van der Waals surface area contributed by atoms with Gasteiger partial charge in [0.25, 0.3) is 5.91 Å². The van der Waals surface area contributed by atoms with Gasteiger partial charge in [-0.05, 0) is 117 Å². The number of methoxy groups -OCH3 is 1. The largest absolute Gasteiger partial charge is 0.494 e. The van der Waals surface area contributed by atoms with Crippen LogP contribution in [-0.4, -0.2) is 120 Å². The molecule has 12 rings (SSSR count). The monoisotopic (exact) mass is 995 g/mol. The molecule has 1 aromatic heterocycles. The van der Waals surface area contributed by atoms with Gasteiger partial charge in [-0.25, -0.2) is 8.78 Å². The SMILES string of the molecule is COc1cc2c(Oc3ccc(NC(=O)C4(C(=O)Nc5ccc(F)cc5)CC4)cc3)ccnc2c(F)c1N1CCC(CN2C3CC2CN(CCC(=O)Nc2cccc4c2CN(C2CCC(=O)NC2=O)C4=O)C3)CC1. The fraction of sp³-hybridized carbons (Fsp3) is 0.389. The van der Waals surface area contributed by atoms with Crippen molar-refractivity contribution in [3.8, 4) is 17.2 Å². The van der Waals surface area contributed by atoms with Crippen LogP contribution in [0, 0.1) is 23.0 Å². The molecule has 1 saturated carbocycles. The van der Waals surface area contributed by atoms with Crippen LogP contribution in [0.1, 0.15) is 67.3 Å². The predicted molar refractivity (Wildman–Crippen MR) is 266 cm³/mol. The molecule has 73 heavy (non-hydrogen) atoms. The second kappa shape index (κ2) is 19.5. The molecule has 0 radical (unpaired) electrons. The number of aromatic nitrogens is 1. The van der Waals surface area contributed by atoms with Crippen molar-refractivity contribution in [3.63, 3.8) is 0 Å². The van der Waals surface area contributed by atoms with Gasteiger partial charge < -0.3 is 35.2 Å². The Morgan fingerprint density at radius 2 is 1.55 bits per heavy atom. The van der Waals surface area contributed by atoms with Crippen LogP contribution in [-0.2, 0) is 30.5 Å². The highest BCUT2D eigenvalue weighted by molar-refractivity contribution is 6.17. The summed E-state index contributed by atoms with van der Waals surface area (Å²) in [6, 6.07) is 20.7. The van der Waals surface area contributed by atoms with E-state index in [0.29, 0.717) is 113 Å². The molecule has 6 amide bonds. The molecule has 6 fully saturated rings. The van der Waals surface area contributed by atoms with Gasteiger partial charge in [0.2, 0.25) is 29.5 Å². The lowest BCUT2D eigenvalue weighted by Gasteiger charge is -2.57. The summed E-state index contributed by atoms with van der Waals surface area (Å²) in [4.78, 5) is 89.9. The number of nitrogens with zero attached hydrogens (tertiary/aromatic N) is 5. The highest BCUT2D eigenvalue weighted by Crippen LogP contribution is 2.48. The van der Waals surface area contributed by atoms with E-state index in [9.17, 15) is 33.2 Å². The average molecular weight is 996 g/mol. The number of fused-ring (bicyclic) bond motifs is 4. The summed E-state index contributed by atoms with van der Waals surface area (Å²) >= 11 is 0. The summed E-state index contributed by atoms with van der Waals surface area (Å²) in [6.45, 7) is 4.83. The van der Waals surface area contributed by atoms with Gasteiger partial charge in [-0.2, -0.15) is 0 Å². The molecule has 3 atom stereocenters. The molecule has 17 nitrogen and oxygen atoms in total. The number of rotatable bonds is 15. The van der Waals surface area contributed by atoms with Crippen LogP contribution >= 0.6 is 0 Å². The maximum atomic E-state index is 16.6.